The maximum absolute atomic E-state index is 2.27. The van der Waals surface area contributed by atoms with Gasteiger partial charge in [0.05, 0.1) is 0 Å². The summed E-state index contributed by atoms with van der Waals surface area (Å²) >= 11 is 0. The molecular weight excluding hydrogens is 264 g/mol. The lowest BCUT2D eigenvalue weighted by Crippen LogP contribution is -1.85. The molecule has 4 rings (SSSR count). The van der Waals surface area contributed by atoms with E-state index in [9.17, 15) is 0 Å². The summed E-state index contributed by atoms with van der Waals surface area (Å²) in [5.41, 5.74) is 5.07. The van der Waals surface area contributed by atoms with E-state index in [0.29, 0.717) is 0 Å². The number of benzene rings is 4. The maximum Gasteiger partial charge on any atom is -0.0105 e. The van der Waals surface area contributed by atoms with Gasteiger partial charge in [-0.2, -0.15) is 0 Å². The Labute approximate surface area is 130 Å². The van der Waals surface area contributed by atoms with Crippen LogP contribution in [0.2, 0.25) is 0 Å². The van der Waals surface area contributed by atoms with E-state index in [1.807, 2.05) is 0 Å². The first-order chi connectivity index (χ1) is 10.9. The van der Waals surface area contributed by atoms with Crippen LogP contribution in [0, 0.1) is 0 Å². The monoisotopic (exact) mass is 280 g/mol. The van der Waals surface area contributed by atoms with E-state index in [4.69, 9.17) is 0 Å². The predicted molar refractivity (Wildman–Crippen MR) is 94.8 cm³/mol. The highest BCUT2D eigenvalue weighted by Gasteiger charge is 2.07. The van der Waals surface area contributed by atoms with E-state index in [0.717, 1.165) is 0 Å². The van der Waals surface area contributed by atoms with Gasteiger partial charge in [-0.1, -0.05) is 91.0 Å². The van der Waals surface area contributed by atoms with Crippen molar-refractivity contribution in [2.45, 2.75) is 0 Å². The first kappa shape index (κ1) is 12.8. The van der Waals surface area contributed by atoms with Gasteiger partial charge in [0.25, 0.3) is 0 Å². The summed E-state index contributed by atoms with van der Waals surface area (Å²) in [6, 6.07) is 34.4. The fraction of sp³-hybridized carbons (Fsp3) is 0. The van der Waals surface area contributed by atoms with Crippen molar-refractivity contribution in [2.24, 2.45) is 0 Å². The van der Waals surface area contributed by atoms with E-state index >= 15 is 0 Å². The summed E-state index contributed by atoms with van der Waals surface area (Å²) in [4.78, 5) is 0. The molecule has 0 aliphatic heterocycles. The van der Waals surface area contributed by atoms with Gasteiger partial charge in [-0.05, 0) is 39.1 Å². The third-order valence-corrected chi connectivity index (χ3v) is 4.07. The van der Waals surface area contributed by atoms with Gasteiger partial charge < -0.3 is 0 Å². The molecule has 0 aromatic heterocycles. The molecule has 4 aromatic rings. The molecule has 22 heavy (non-hydrogen) atoms. The van der Waals surface area contributed by atoms with Crippen molar-refractivity contribution >= 4 is 10.8 Å². The first-order valence-corrected chi connectivity index (χ1v) is 7.55. The number of fused-ring (bicyclic) bond motifs is 1. The van der Waals surface area contributed by atoms with Crippen LogP contribution >= 0.6 is 0 Å². The van der Waals surface area contributed by atoms with Crippen LogP contribution in [0.15, 0.2) is 97.1 Å². The molecule has 0 heterocycles. The highest BCUT2D eigenvalue weighted by molar-refractivity contribution is 5.91. The molecule has 0 aliphatic rings. The summed E-state index contributed by atoms with van der Waals surface area (Å²) in [5.74, 6) is 0. The molecule has 0 N–H and O–H groups in total. The maximum atomic E-state index is 2.27. The van der Waals surface area contributed by atoms with E-state index < -0.39 is 0 Å². The summed E-state index contributed by atoms with van der Waals surface area (Å²) in [5, 5.41) is 2.56. The van der Waals surface area contributed by atoms with E-state index in [1.165, 1.54) is 33.0 Å². The second-order valence-electron chi connectivity index (χ2n) is 5.47. The standard InChI is InChI=1S/C22H16/c1-2-9-18(10-3-1)21-12-6-7-13-22(21)20-15-14-17-8-4-5-11-19(17)16-20/h1-16H. The van der Waals surface area contributed by atoms with Crippen LogP contribution in [-0.4, -0.2) is 0 Å². The normalized spacial score (nSPS) is 10.7. The Morgan fingerprint density at radius 2 is 0.955 bits per heavy atom. The van der Waals surface area contributed by atoms with Crippen LogP contribution in [0.3, 0.4) is 0 Å². The van der Waals surface area contributed by atoms with Crippen LogP contribution in [0.1, 0.15) is 0 Å². The zero-order chi connectivity index (χ0) is 14.8. The Hall–Kier alpha value is -2.86. The molecule has 0 nitrogen and oxygen atoms in total. The average Bonchev–Trinajstić information content (AvgIpc) is 2.62. The van der Waals surface area contributed by atoms with Crippen molar-refractivity contribution in [2.75, 3.05) is 0 Å². The van der Waals surface area contributed by atoms with Crippen molar-refractivity contribution in [1.82, 2.24) is 0 Å². The minimum absolute atomic E-state index is 1.26. The van der Waals surface area contributed by atoms with Crippen LogP contribution in [0.25, 0.3) is 33.0 Å². The van der Waals surface area contributed by atoms with Gasteiger partial charge in [0, 0.05) is 0 Å². The molecule has 4 aromatic carbocycles. The summed E-state index contributed by atoms with van der Waals surface area (Å²) in [6.45, 7) is 0. The van der Waals surface area contributed by atoms with Gasteiger partial charge in [0.1, 0.15) is 0 Å². The second kappa shape index (κ2) is 5.50. The highest BCUT2D eigenvalue weighted by atomic mass is 14.1. The quantitative estimate of drug-likeness (QED) is 0.411. The Bertz CT molecular complexity index is 920. The SMILES string of the molecule is c1ccc(-c2ccccc2-c2ccc3ccccc3c2)cc1. The van der Waals surface area contributed by atoms with Crippen LogP contribution in [0.4, 0.5) is 0 Å². The zero-order valence-electron chi connectivity index (χ0n) is 12.2. The van der Waals surface area contributed by atoms with Gasteiger partial charge >= 0.3 is 0 Å². The lowest BCUT2D eigenvalue weighted by molar-refractivity contribution is 1.59. The number of hydrogen-bond acceptors (Lipinski definition) is 0. The molecular formula is C22H16. The highest BCUT2D eigenvalue weighted by Crippen LogP contribution is 2.33. The Morgan fingerprint density at radius 1 is 0.364 bits per heavy atom. The Balaban J connectivity index is 1.92. The van der Waals surface area contributed by atoms with Crippen LogP contribution in [-0.2, 0) is 0 Å². The van der Waals surface area contributed by atoms with Gasteiger partial charge in [-0.15, -0.1) is 0 Å². The average molecular weight is 280 g/mol. The molecule has 0 bridgehead atoms. The smallest absolute Gasteiger partial charge is 0.0105 e. The van der Waals surface area contributed by atoms with E-state index in [1.54, 1.807) is 0 Å². The molecule has 0 saturated heterocycles. The van der Waals surface area contributed by atoms with Crippen molar-refractivity contribution < 1.29 is 0 Å². The molecule has 0 atom stereocenters. The molecule has 104 valence electrons. The van der Waals surface area contributed by atoms with Gasteiger partial charge in [0.2, 0.25) is 0 Å². The number of hydrogen-bond donors (Lipinski definition) is 0. The lowest BCUT2D eigenvalue weighted by atomic mass is 9.93. The molecule has 0 fully saturated rings. The van der Waals surface area contributed by atoms with E-state index in [2.05, 4.69) is 97.1 Å². The molecule has 0 radical (unpaired) electrons. The van der Waals surface area contributed by atoms with Crippen molar-refractivity contribution in [1.29, 1.82) is 0 Å². The topological polar surface area (TPSA) is 0 Å². The summed E-state index contributed by atoms with van der Waals surface area (Å²) in [7, 11) is 0. The Kier molecular flexibility index (Phi) is 3.21. The predicted octanol–water partition coefficient (Wildman–Crippen LogP) is 6.17. The molecule has 0 saturated carbocycles. The van der Waals surface area contributed by atoms with Gasteiger partial charge in [-0.3, -0.25) is 0 Å². The largest absolute Gasteiger partial charge is 0.0622 e. The Morgan fingerprint density at radius 3 is 1.73 bits per heavy atom. The number of rotatable bonds is 2. The minimum atomic E-state index is 1.26. The van der Waals surface area contributed by atoms with Gasteiger partial charge in [-0.25, -0.2) is 0 Å². The van der Waals surface area contributed by atoms with Crippen molar-refractivity contribution in [3.63, 3.8) is 0 Å². The van der Waals surface area contributed by atoms with E-state index in [-0.39, 0.29) is 0 Å². The molecule has 0 aliphatic carbocycles. The molecule has 0 heteroatoms. The lowest BCUT2D eigenvalue weighted by Gasteiger charge is -2.11. The fourth-order valence-electron chi connectivity index (χ4n) is 2.96. The van der Waals surface area contributed by atoms with Gasteiger partial charge in [0.15, 0.2) is 0 Å². The van der Waals surface area contributed by atoms with Crippen molar-refractivity contribution in [3.8, 4) is 22.3 Å². The second-order valence-corrected chi connectivity index (χ2v) is 5.47. The fourth-order valence-corrected chi connectivity index (χ4v) is 2.96. The summed E-state index contributed by atoms with van der Waals surface area (Å²) in [6.07, 6.45) is 0. The summed E-state index contributed by atoms with van der Waals surface area (Å²) < 4.78 is 0. The molecule has 0 spiro atoms. The third-order valence-electron chi connectivity index (χ3n) is 4.07. The third kappa shape index (κ3) is 2.29. The zero-order valence-corrected chi connectivity index (χ0v) is 12.2. The van der Waals surface area contributed by atoms with Crippen LogP contribution in [0.5, 0.6) is 0 Å². The van der Waals surface area contributed by atoms with Crippen LogP contribution < -0.4 is 0 Å². The van der Waals surface area contributed by atoms with Crippen molar-refractivity contribution in [3.05, 3.63) is 97.1 Å². The molecule has 0 amide bonds. The molecule has 0 unspecified atom stereocenters. The minimum Gasteiger partial charge on any atom is -0.0622 e. The first-order valence-electron chi connectivity index (χ1n) is 7.55.